The van der Waals surface area contributed by atoms with Crippen molar-refractivity contribution >= 4 is 28.5 Å². The molecule has 2 heterocycles. The first kappa shape index (κ1) is 23.5. The molecular weight excluding hydrogens is 454 g/mol. The van der Waals surface area contributed by atoms with Gasteiger partial charge in [0.1, 0.15) is 0 Å². The van der Waals surface area contributed by atoms with Crippen LogP contribution in [0.2, 0.25) is 0 Å². The van der Waals surface area contributed by atoms with Crippen LogP contribution >= 0.6 is 22.7 Å². The van der Waals surface area contributed by atoms with Crippen LogP contribution in [0, 0.1) is 29.1 Å². The maximum atomic E-state index is 13.8. The van der Waals surface area contributed by atoms with Gasteiger partial charge in [0.05, 0.1) is 9.75 Å². The zero-order valence-electron chi connectivity index (χ0n) is 19.9. The Morgan fingerprint density at radius 3 is 2.56 bits per heavy atom. The average molecular weight is 488 g/mol. The van der Waals surface area contributed by atoms with Crippen molar-refractivity contribution in [2.24, 2.45) is 17.3 Å². The lowest BCUT2D eigenvalue weighted by Crippen LogP contribution is -2.41. The summed E-state index contributed by atoms with van der Waals surface area (Å²) in [5.74, 6) is 7.38. The third kappa shape index (κ3) is 5.08. The molecule has 1 N–H and O–H groups in total. The molecule has 34 heavy (non-hydrogen) atoms. The fourth-order valence-corrected chi connectivity index (χ4v) is 8.20. The lowest BCUT2D eigenvalue weighted by Gasteiger charge is -2.44. The molecule has 1 aromatic carbocycles. The van der Waals surface area contributed by atoms with E-state index in [1.807, 2.05) is 6.92 Å². The van der Waals surface area contributed by atoms with Crippen LogP contribution in [0.5, 0.6) is 0 Å². The fraction of sp³-hybridized carbons (Fsp3) is 0.433. The first-order valence-corrected chi connectivity index (χ1v) is 14.2. The molecule has 2 nitrogen and oxygen atoms in total. The highest BCUT2D eigenvalue weighted by Crippen LogP contribution is 2.55. The van der Waals surface area contributed by atoms with Gasteiger partial charge in [-0.15, -0.1) is 28.6 Å². The van der Waals surface area contributed by atoms with Crippen molar-refractivity contribution < 1.29 is 4.79 Å². The lowest BCUT2D eigenvalue weighted by molar-refractivity contribution is 0.0471. The van der Waals surface area contributed by atoms with Gasteiger partial charge in [0, 0.05) is 22.2 Å². The predicted molar refractivity (Wildman–Crippen MR) is 144 cm³/mol. The van der Waals surface area contributed by atoms with Gasteiger partial charge in [0.25, 0.3) is 0 Å². The monoisotopic (exact) mass is 487 g/mol. The van der Waals surface area contributed by atoms with E-state index in [0.29, 0.717) is 11.7 Å². The van der Waals surface area contributed by atoms with Gasteiger partial charge in [-0.3, -0.25) is 4.79 Å². The van der Waals surface area contributed by atoms with Gasteiger partial charge in [-0.1, -0.05) is 49.1 Å². The molecule has 2 aromatic heterocycles. The minimum Gasteiger partial charge on any atom is -0.312 e. The Morgan fingerprint density at radius 1 is 1.00 bits per heavy atom. The first-order valence-electron chi connectivity index (χ1n) is 12.6. The van der Waals surface area contributed by atoms with Crippen LogP contribution in [0.4, 0.5) is 0 Å². The van der Waals surface area contributed by atoms with E-state index in [1.54, 1.807) is 22.7 Å². The second-order valence-corrected chi connectivity index (χ2v) is 12.1. The smallest absolute Gasteiger partial charge is 0.176 e. The Bertz CT molecular complexity index is 1170. The maximum absolute atomic E-state index is 13.8. The van der Waals surface area contributed by atoms with Crippen LogP contribution in [0.3, 0.4) is 0 Å². The number of rotatable bonds is 7. The molecule has 5 rings (SSSR count). The number of nitrogens with one attached hydrogen (secondary N) is 1. The lowest BCUT2D eigenvalue weighted by atomic mass is 9.60. The Morgan fingerprint density at radius 2 is 1.76 bits per heavy atom. The van der Waals surface area contributed by atoms with E-state index in [1.165, 1.54) is 47.4 Å². The van der Waals surface area contributed by atoms with Gasteiger partial charge in [-0.25, -0.2) is 0 Å². The molecule has 1 spiro atoms. The molecule has 0 unspecified atom stereocenters. The largest absolute Gasteiger partial charge is 0.312 e. The molecule has 2 aliphatic rings. The SMILES string of the molecule is CC#Cc1ccc(-c2ccc(C(=O)[C@H]3CC[C@H](CNCc4ccccc4)CC34CCCC4)s2)s1. The van der Waals surface area contributed by atoms with Gasteiger partial charge >= 0.3 is 0 Å². The second-order valence-electron chi connectivity index (χ2n) is 9.95. The number of Topliss-reactive ketones (excluding diaryl/α,β-unsaturated/α-hetero) is 1. The molecule has 0 radical (unpaired) electrons. The highest BCUT2D eigenvalue weighted by atomic mass is 32.1. The Kier molecular flexibility index (Phi) is 7.34. The highest BCUT2D eigenvalue weighted by Gasteiger charge is 2.48. The molecule has 4 heteroatoms. The Balaban J connectivity index is 1.25. The van der Waals surface area contributed by atoms with Gasteiger partial charge in [-0.05, 0) is 86.7 Å². The van der Waals surface area contributed by atoms with Crippen molar-refractivity contribution in [2.75, 3.05) is 6.54 Å². The van der Waals surface area contributed by atoms with Crippen molar-refractivity contribution in [3.63, 3.8) is 0 Å². The average Bonchev–Trinajstić information content (AvgIpc) is 3.61. The van der Waals surface area contributed by atoms with Crippen molar-refractivity contribution in [1.82, 2.24) is 5.32 Å². The standard InChI is InChI=1S/C30H33NOS2/c1-2-8-24-12-14-26(33-24)27-15-16-28(34-27)29(32)25-13-11-23(19-30(25)17-6-7-18-30)21-31-20-22-9-4-3-5-10-22/h3-5,9-10,12,14-16,23,25,31H,6-7,11,13,17-21H2,1H3/t23-,25+/m0/s1. The van der Waals surface area contributed by atoms with E-state index in [4.69, 9.17) is 0 Å². The van der Waals surface area contributed by atoms with E-state index in [0.717, 1.165) is 35.7 Å². The number of ketones is 1. The van der Waals surface area contributed by atoms with Gasteiger partial charge in [0.15, 0.2) is 5.78 Å². The van der Waals surface area contributed by atoms with Crippen LogP contribution in [-0.2, 0) is 6.54 Å². The van der Waals surface area contributed by atoms with E-state index < -0.39 is 0 Å². The molecule has 0 aliphatic heterocycles. The summed E-state index contributed by atoms with van der Waals surface area (Å²) in [5.41, 5.74) is 1.56. The fourth-order valence-electron chi connectivity index (χ4n) is 6.19. The van der Waals surface area contributed by atoms with Gasteiger partial charge in [0.2, 0.25) is 0 Å². The van der Waals surface area contributed by atoms with Crippen molar-refractivity contribution in [2.45, 2.75) is 58.4 Å². The van der Waals surface area contributed by atoms with Gasteiger partial charge < -0.3 is 5.32 Å². The summed E-state index contributed by atoms with van der Waals surface area (Å²) >= 11 is 3.39. The van der Waals surface area contributed by atoms with Crippen LogP contribution in [0.1, 0.15) is 72.0 Å². The molecule has 0 saturated heterocycles. The molecule has 0 amide bonds. The van der Waals surface area contributed by atoms with Crippen molar-refractivity contribution in [3.8, 4) is 21.6 Å². The number of thiophene rings is 2. The topological polar surface area (TPSA) is 29.1 Å². The van der Waals surface area contributed by atoms with Crippen LogP contribution in [0.15, 0.2) is 54.6 Å². The van der Waals surface area contributed by atoms with E-state index in [-0.39, 0.29) is 11.3 Å². The molecule has 2 aliphatic carbocycles. The zero-order valence-corrected chi connectivity index (χ0v) is 21.6. The van der Waals surface area contributed by atoms with Crippen molar-refractivity contribution in [1.29, 1.82) is 0 Å². The zero-order chi connectivity index (χ0) is 23.4. The summed E-state index contributed by atoms with van der Waals surface area (Å²) in [5, 5.41) is 3.69. The first-order chi connectivity index (χ1) is 16.7. The van der Waals surface area contributed by atoms with E-state index in [9.17, 15) is 4.79 Å². The second kappa shape index (κ2) is 10.6. The summed E-state index contributed by atoms with van der Waals surface area (Å²) < 4.78 is 0. The number of carbonyl (C=O) groups excluding carboxylic acids is 1. The number of hydrogen-bond acceptors (Lipinski definition) is 4. The molecule has 176 valence electrons. The Labute approximate surface area is 211 Å². The summed E-state index contributed by atoms with van der Waals surface area (Å²) in [4.78, 5) is 18.2. The summed E-state index contributed by atoms with van der Waals surface area (Å²) in [6.07, 6.45) is 8.40. The van der Waals surface area contributed by atoms with Crippen LogP contribution in [-0.4, -0.2) is 12.3 Å². The summed E-state index contributed by atoms with van der Waals surface area (Å²) in [6, 6.07) is 19.1. The highest BCUT2D eigenvalue weighted by molar-refractivity contribution is 7.23. The Hall–Kier alpha value is -2.19. The molecule has 3 aromatic rings. The number of hydrogen-bond donors (Lipinski definition) is 1. The third-order valence-electron chi connectivity index (χ3n) is 7.76. The molecule has 2 saturated carbocycles. The van der Waals surface area contributed by atoms with Gasteiger partial charge in [-0.2, -0.15) is 0 Å². The summed E-state index contributed by atoms with van der Waals surface area (Å²) in [7, 11) is 0. The van der Waals surface area contributed by atoms with Crippen LogP contribution in [0.25, 0.3) is 9.75 Å². The normalized spacial score (nSPS) is 21.3. The molecule has 0 bridgehead atoms. The quantitative estimate of drug-likeness (QED) is 0.272. The molecule has 2 atom stereocenters. The molecular formula is C30H33NOS2. The number of carbonyl (C=O) groups is 1. The van der Waals surface area contributed by atoms with E-state index >= 15 is 0 Å². The summed E-state index contributed by atoms with van der Waals surface area (Å²) in [6.45, 7) is 3.86. The van der Waals surface area contributed by atoms with E-state index in [2.05, 4.69) is 71.8 Å². The van der Waals surface area contributed by atoms with Crippen molar-refractivity contribution in [3.05, 3.63) is 69.9 Å². The maximum Gasteiger partial charge on any atom is 0.176 e. The van der Waals surface area contributed by atoms with Crippen LogP contribution < -0.4 is 5.32 Å². The minimum atomic E-state index is 0.191. The minimum absolute atomic E-state index is 0.191. The number of benzene rings is 1. The predicted octanol–water partition coefficient (Wildman–Crippen LogP) is 7.80. The molecule has 2 fully saturated rings. The third-order valence-corrected chi connectivity index (χ3v) is 10.1.